The summed E-state index contributed by atoms with van der Waals surface area (Å²) in [5.74, 6) is 1.30. The van der Waals surface area contributed by atoms with Gasteiger partial charge in [0.15, 0.2) is 0 Å². The Labute approximate surface area is 117 Å². The standard InChI is InChI=1S/C14H19N3OS/c1-3-10-6-11-13(16-8-17-14(11)19-10)18-12-7-15-5-4-9(12)2/h6,8-9,12,15H,3-5,7H2,1-2H3. The number of hydrogen-bond donors (Lipinski definition) is 1. The maximum atomic E-state index is 6.13. The number of ether oxygens (including phenoxy) is 1. The quantitative estimate of drug-likeness (QED) is 0.937. The SMILES string of the molecule is CCc1cc2c(OC3CNCCC3C)ncnc2s1. The lowest BCUT2D eigenvalue weighted by Crippen LogP contribution is -2.43. The van der Waals surface area contributed by atoms with E-state index in [1.54, 1.807) is 17.7 Å². The lowest BCUT2D eigenvalue weighted by Gasteiger charge is -2.29. The second kappa shape index (κ2) is 5.43. The molecule has 0 saturated carbocycles. The lowest BCUT2D eigenvalue weighted by atomic mass is 9.97. The number of rotatable bonds is 3. The van der Waals surface area contributed by atoms with Crippen LogP contribution in [0.4, 0.5) is 0 Å². The van der Waals surface area contributed by atoms with E-state index in [2.05, 4.69) is 35.2 Å². The van der Waals surface area contributed by atoms with Gasteiger partial charge in [-0.1, -0.05) is 13.8 Å². The second-order valence-electron chi connectivity index (χ2n) is 5.09. The van der Waals surface area contributed by atoms with E-state index < -0.39 is 0 Å². The van der Waals surface area contributed by atoms with Crippen LogP contribution in [0.1, 0.15) is 25.1 Å². The van der Waals surface area contributed by atoms with Gasteiger partial charge in [0.1, 0.15) is 17.3 Å². The minimum atomic E-state index is 0.205. The minimum Gasteiger partial charge on any atom is -0.472 e. The molecule has 1 N–H and O–H groups in total. The van der Waals surface area contributed by atoms with Crippen LogP contribution in [0.15, 0.2) is 12.4 Å². The van der Waals surface area contributed by atoms with Crippen LogP contribution in [0.5, 0.6) is 5.88 Å². The zero-order chi connectivity index (χ0) is 13.2. The molecule has 4 nitrogen and oxygen atoms in total. The molecule has 5 heteroatoms. The predicted octanol–water partition coefficient (Wildman–Crippen LogP) is 2.63. The summed E-state index contributed by atoms with van der Waals surface area (Å²) < 4.78 is 6.13. The van der Waals surface area contributed by atoms with Crippen LogP contribution in [-0.2, 0) is 6.42 Å². The van der Waals surface area contributed by atoms with Gasteiger partial charge in [0.25, 0.3) is 0 Å². The molecule has 3 heterocycles. The molecule has 1 fully saturated rings. The smallest absolute Gasteiger partial charge is 0.225 e. The fraction of sp³-hybridized carbons (Fsp3) is 0.571. The van der Waals surface area contributed by atoms with Crippen LogP contribution in [0, 0.1) is 5.92 Å². The topological polar surface area (TPSA) is 47.0 Å². The molecule has 2 aromatic rings. The van der Waals surface area contributed by atoms with E-state index in [-0.39, 0.29) is 6.10 Å². The van der Waals surface area contributed by atoms with E-state index in [4.69, 9.17) is 4.74 Å². The number of piperidine rings is 1. The van der Waals surface area contributed by atoms with Crippen molar-refractivity contribution >= 4 is 21.6 Å². The molecule has 0 aliphatic carbocycles. The van der Waals surface area contributed by atoms with Crippen molar-refractivity contribution < 1.29 is 4.74 Å². The highest BCUT2D eigenvalue weighted by Crippen LogP contribution is 2.31. The second-order valence-corrected chi connectivity index (χ2v) is 6.21. The first-order valence-electron chi connectivity index (χ1n) is 6.88. The molecule has 3 rings (SSSR count). The van der Waals surface area contributed by atoms with Gasteiger partial charge in [-0.25, -0.2) is 9.97 Å². The molecule has 0 amide bonds. The highest BCUT2D eigenvalue weighted by Gasteiger charge is 2.24. The Morgan fingerprint density at radius 1 is 1.47 bits per heavy atom. The molecular formula is C14H19N3OS. The van der Waals surface area contributed by atoms with Gasteiger partial charge in [0.2, 0.25) is 5.88 Å². The molecular weight excluding hydrogens is 258 g/mol. The van der Waals surface area contributed by atoms with Gasteiger partial charge in [-0.15, -0.1) is 11.3 Å². The summed E-state index contributed by atoms with van der Waals surface area (Å²) in [6, 6.07) is 2.16. The Kier molecular flexibility index (Phi) is 3.66. The third-order valence-corrected chi connectivity index (χ3v) is 4.90. The average molecular weight is 277 g/mol. The van der Waals surface area contributed by atoms with Crippen LogP contribution in [0.2, 0.25) is 0 Å². The fourth-order valence-corrected chi connectivity index (χ4v) is 3.34. The van der Waals surface area contributed by atoms with Crippen LogP contribution < -0.4 is 10.1 Å². The Balaban J connectivity index is 1.89. The van der Waals surface area contributed by atoms with E-state index in [9.17, 15) is 0 Å². The van der Waals surface area contributed by atoms with Crippen molar-refractivity contribution in [2.45, 2.75) is 32.8 Å². The number of aryl methyl sites for hydroxylation is 1. The van der Waals surface area contributed by atoms with E-state index in [1.165, 1.54) is 4.88 Å². The van der Waals surface area contributed by atoms with Crippen LogP contribution in [-0.4, -0.2) is 29.2 Å². The number of nitrogens with zero attached hydrogens (tertiary/aromatic N) is 2. The van der Waals surface area contributed by atoms with Crippen molar-refractivity contribution in [3.8, 4) is 5.88 Å². The van der Waals surface area contributed by atoms with Gasteiger partial charge in [-0.3, -0.25) is 0 Å². The highest BCUT2D eigenvalue weighted by atomic mass is 32.1. The molecule has 1 aliphatic heterocycles. The van der Waals surface area contributed by atoms with Crippen LogP contribution in [0.3, 0.4) is 0 Å². The zero-order valence-corrected chi connectivity index (χ0v) is 12.2. The molecule has 2 unspecified atom stereocenters. The Bertz CT molecular complexity index is 569. The number of aromatic nitrogens is 2. The first kappa shape index (κ1) is 12.8. The van der Waals surface area contributed by atoms with Gasteiger partial charge in [0.05, 0.1) is 5.39 Å². The van der Waals surface area contributed by atoms with Gasteiger partial charge < -0.3 is 10.1 Å². The lowest BCUT2D eigenvalue weighted by molar-refractivity contribution is 0.111. The summed E-state index contributed by atoms with van der Waals surface area (Å²) in [6.07, 6.45) is 4.00. The summed E-state index contributed by atoms with van der Waals surface area (Å²) in [5.41, 5.74) is 0. The molecule has 0 radical (unpaired) electrons. The fourth-order valence-electron chi connectivity index (χ4n) is 2.41. The van der Waals surface area contributed by atoms with E-state index in [0.717, 1.165) is 42.0 Å². The van der Waals surface area contributed by atoms with Crippen molar-refractivity contribution in [2.75, 3.05) is 13.1 Å². The number of thiophene rings is 1. The Morgan fingerprint density at radius 2 is 2.37 bits per heavy atom. The van der Waals surface area contributed by atoms with E-state index in [1.807, 2.05) is 0 Å². The molecule has 19 heavy (non-hydrogen) atoms. The summed E-state index contributed by atoms with van der Waals surface area (Å²) in [7, 11) is 0. The Hall–Kier alpha value is -1.20. The molecule has 0 bridgehead atoms. The highest BCUT2D eigenvalue weighted by molar-refractivity contribution is 7.18. The van der Waals surface area contributed by atoms with Gasteiger partial charge in [-0.2, -0.15) is 0 Å². The maximum absolute atomic E-state index is 6.13. The number of fused-ring (bicyclic) bond motifs is 1. The third-order valence-electron chi connectivity index (χ3n) is 3.71. The van der Waals surface area contributed by atoms with Crippen LogP contribution >= 0.6 is 11.3 Å². The molecule has 2 atom stereocenters. The number of nitrogens with one attached hydrogen (secondary N) is 1. The largest absolute Gasteiger partial charge is 0.472 e. The van der Waals surface area contributed by atoms with E-state index in [0.29, 0.717) is 5.92 Å². The molecule has 2 aromatic heterocycles. The van der Waals surface area contributed by atoms with Crippen molar-refractivity contribution in [1.29, 1.82) is 0 Å². The van der Waals surface area contributed by atoms with Crippen molar-refractivity contribution in [3.63, 3.8) is 0 Å². The normalized spacial score (nSPS) is 23.7. The Morgan fingerprint density at radius 3 is 3.16 bits per heavy atom. The maximum Gasteiger partial charge on any atom is 0.225 e. The van der Waals surface area contributed by atoms with Crippen molar-refractivity contribution in [1.82, 2.24) is 15.3 Å². The van der Waals surface area contributed by atoms with Crippen molar-refractivity contribution in [2.24, 2.45) is 5.92 Å². The number of hydrogen-bond acceptors (Lipinski definition) is 5. The molecule has 1 aliphatic rings. The molecule has 0 spiro atoms. The average Bonchev–Trinajstić information content (AvgIpc) is 2.85. The van der Waals surface area contributed by atoms with E-state index >= 15 is 0 Å². The van der Waals surface area contributed by atoms with Crippen LogP contribution in [0.25, 0.3) is 10.2 Å². The first-order valence-corrected chi connectivity index (χ1v) is 7.70. The summed E-state index contributed by atoms with van der Waals surface area (Å²) in [6.45, 7) is 6.39. The summed E-state index contributed by atoms with van der Waals surface area (Å²) in [4.78, 5) is 11.0. The van der Waals surface area contributed by atoms with Gasteiger partial charge in [-0.05, 0) is 31.4 Å². The third kappa shape index (κ3) is 2.58. The molecule has 0 aromatic carbocycles. The molecule has 1 saturated heterocycles. The van der Waals surface area contributed by atoms with Gasteiger partial charge in [0, 0.05) is 11.4 Å². The zero-order valence-electron chi connectivity index (χ0n) is 11.3. The monoisotopic (exact) mass is 277 g/mol. The summed E-state index contributed by atoms with van der Waals surface area (Å²) in [5, 5.41) is 4.44. The van der Waals surface area contributed by atoms with Crippen molar-refractivity contribution in [3.05, 3.63) is 17.3 Å². The predicted molar refractivity (Wildman–Crippen MR) is 77.9 cm³/mol. The summed E-state index contributed by atoms with van der Waals surface area (Å²) >= 11 is 1.73. The van der Waals surface area contributed by atoms with Gasteiger partial charge >= 0.3 is 0 Å². The first-order chi connectivity index (χ1) is 9.28. The minimum absolute atomic E-state index is 0.205. The molecule has 102 valence electrons.